The van der Waals surface area contributed by atoms with Crippen LogP contribution in [0.3, 0.4) is 0 Å². The van der Waals surface area contributed by atoms with Gasteiger partial charge in [0.1, 0.15) is 17.9 Å². The summed E-state index contributed by atoms with van der Waals surface area (Å²) in [6.07, 6.45) is 5.11. The van der Waals surface area contributed by atoms with Gasteiger partial charge in [0.05, 0.1) is 56.1 Å². The quantitative estimate of drug-likeness (QED) is 0.297. The molecule has 1 atom stereocenters. The zero-order valence-corrected chi connectivity index (χ0v) is 27.6. The van der Waals surface area contributed by atoms with Crippen LogP contribution < -0.4 is 25.3 Å². The van der Waals surface area contributed by atoms with Crippen molar-refractivity contribution in [3.63, 3.8) is 0 Å². The fourth-order valence-corrected chi connectivity index (χ4v) is 7.18. The summed E-state index contributed by atoms with van der Waals surface area (Å²) in [7, 11) is 1.59. The molecule has 5 heterocycles. The van der Waals surface area contributed by atoms with Crippen LogP contribution in [0.5, 0.6) is 5.75 Å². The second-order valence-corrected chi connectivity index (χ2v) is 12.7. The molecular weight excluding hydrogens is 634 g/mol. The number of rotatable bonds is 10. The third kappa shape index (κ3) is 7.04. The number of aromatic nitrogens is 2. The predicted octanol–water partition coefficient (Wildman–Crippen LogP) is 4.50. The highest BCUT2D eigenvalue weighted by atomic mass is 19.2. The van der Waals surface area contributed by atoms with Crippen LogP contribution >= 0.6 is 0 Å². The Morgan fingerprint density at radius 3 is 2.43 bits per heavy atom. The van der Waals surface area contributed by atoms with Gasteiger partial charge in [0.15, 0.2) is 17.5 Å². The molecule has 0 spiro atoms. The maximum atomic E-state index is 14.7. The molecule has 4 aliphatic heterocycles. The number of hydrogen-bond acceptors (Lipinski definition) is 11. The van der Waals surface area contributed by atoms with Gasteiger partial charge in [0.2, 0.25) is 5.91 Å². The van der Waals surface area contributed by atoms with E-state index in [1.165, 1.54) is 23.5 Å². The number of anilines is 5. The largest absolute Gasteiger partial charge is 0.494 e. The molecule has 4 fully saturated rings. The Morgan fingerprint density at radius 1 is 0.980 bits per heavy atom. The Balaban J connectivity index is 1.07. The molecule has 0 saturated carbocycles. The van der Waals surface area contributed by atoms with Gasteiger partial charge in [-0.15, -0.1) is 0 Å². The number of hydrogen-bond donors (Lipinski definition) is 2. The minimum atomic E-state index is -0.914. The van der Waals surface area contributed by atoms with Crippen molar-refractivity contribution in [2.24, 2.45) is 0 Å². The molecule has 2 N–H and O–H groups in total. The zero-order valence-electron chi connectivity index (χ0n) is 27.6. The maximum absolute atomic E-state index is 14.7. The molecule has 3 aromatic rings. The van der Waals surface area contributed by atoms with Crippen molar-refractivity contribution >= 4 is 34.6 Å². The van der Waals surface area contributed by atoms with Crippen molar-refractivity contribution in [1.82, 2.24) is 19.8 Å². The molecular formula is C35H42F2N8O4. The summed E-state index contributed by atoms with van der Waals surface area (Å²) in [5.74, 6) is -0.799. The van der Waals surface area contributed by atoms with Gasteiger partial charge < -0.3 is 25.0 Å². The second kappa shape index (κ2) is 14.6. The van der Waals surface area contributed by atoms with Gasteiger partial charge in [0.25, 0.3) is 0 Å². The summed E-state index contributed by atoms with van der Waals surface area (Å²) in [6, 6.07) is 10.1. The van der Waals surface area contributed by atoms with Crippen LogP contribution in [0.25, 0.3) is 0 Å². The minimum Gasteiger partial charge on any atom is -0.494 e. The van der Waals surface area contributed by atoms with Crippen LogP contribution in [0.2, 0.25) is 0 Å². The number of methoxy groups -OCH3 is 1. The van der Waals surface area contributed by atoms with Crippen molar-refractivity contribution in [3.05, 3.63) is 72.6 Å². The van der Waals surface area contributed by atoms with Crippen LogP contribution in [-0.4, -0.2) is 104 Å². The van der Waals surface area contributed by atoms with Gasteiger partial charge in [0, 0.05) is 69.4 Å². The van der Waals surface area contributed by atoms with Gasteiger partial charge in [-0.1, -0.05) is 18.7 Å². The molecule has 14 heteroatoms. The second-order valence-electron chi connectivity index (χ2n) is 12.7. The van der Waals surface area contributed by atoms with E-state index in [2.05, 4.69) is 41.9 Å². The number of nitrogens with one attached hydrogen (secondary N) is 2. The van der Waals surface area contributed by atoms with Crippen LogP contribution in [-0.2, 0) is 14.4 Å². The molecule has 2 aromatic carbocycles. The Morgan fingerprint density at radius 2 is 1.73 bits per heavy atom. The van der Waals surface area contributed by atoms with Crippen LogP contribution in [0.15, 0.2) is 55.4 Å². The Hall–Kier alpha value is -4.37. The molecule has 49 heavy (non-hydrogen) atoms. The molecule has 0 unspecified atom stereocenters. The van der Waals surface area contributed by atoms with E-state index >= 15 is 0 Å². The van der Waals surface area contributed by atoms with Gasteiger partial charge in [-0.2, -0.15) is 0 Å². The lowest BCUT2D eigenvalue weighted by molar-refractivity contribution is -0.111. The lowest BCUT2D eigenvalue weighted by atomic mass is 10.0. The third-order valence-corrected chi connectivity index (χ3v) is 9.95. The Bertz CT molecular complexity index is 1660. The first kappa shape index (κ1) is 33.1. The van der Waals surface area contributed by atoms with E-state index in [0.717, 1.165) is 77.1 Å². The highest BCUT2D eigenvalue weighted by Gasteiger charge is 2.34. The minimum absolute atomic E-state index is 0.191. The Kier molecular flexibility index (Phi) is 9.89. The van der Waals surface area contributed by atoms with Crippen molar-refractivity contribution in [2.45, 2.75) is 37.4 Å². The SMILES string of the molecule is C=CC(=O)Nc1cc(Nc2cc(N3OCC[C@@H]3c3cccc(F)c3F)ncn2)c(OC)cc1N1CCC(N2CCN(C3COC3)CC2)CC1. The first-order valence-electron chi connectivity index (χ1n) is 16.8. The summed E-state index contributed by atoms with van der Waals surface area (Å²) in [5.41, 5.74) is 2.23. The third-order valence-electron chi connectivity index (χ3n) is 9.95. The van der Waals surface area contributed by atoms with E-state index in [4.69, 9.17) is 14.3 Å². The topological polar surface area (TPSA) is 108 Å². The Labute approximate surface area is 284 Å². The number of halogens is 2. The number of hydroxylamine groups is 1. The van der Waals surface area contributed by atoms with E-state index in [0.29, 0.717) is 53.9 Å². The summed E-state index contributed by atoms with van der Waals surface area (Å²) >= 11 is 0. The molecule has 260 valence electrons. The normalized spacial score (nSPS) is 21.0. The number of amides is 1. The number of ether oxygens (including phenoxy) is 2. The number of piperidine rings is 1. The van der Waals surface area contributed by atoms with Crippen LogP contribution in [0, 0.1) is 11.6 Å². The number of nitrogens with zero attached hydrogens (tertiary/aromatic N) is 6. The highest BCUT2D eigenvalue weighted by Crippen LogP contribution is 2.41. The standard InChI is InChI=1S/C35H42F2N8O4/c1-3-34(46)41-27-17-28(40-32-19-33(39-22-38-32)45-29(9-16-49-45)25-5-4-6-26(36)35(25)37)31(47-2)18-30(27)44-10-7-23(8-11-44)42-12-14-43(15-13-42)24-20-48-21-24/h3-6,17-19,22-24,29H,1,7-16,20-21H2,2H3,(H,41,46)(H,38,39,40)/t29-/m1/s1. The fourth-order valence-electron chi connectivity index (χ4n) is 7.18. The molecule has 0 bridgehead atoms. The van der Waals surface area contributed by atoms with Gasteiger partial charge in [-0.25, -0.2) is 23.8 Å². The van der Waals surface area contributed by atoms with Gasteiger partial charge in [-0.05, 0) is 31.1 Å². The molecule has 0 aliphatic carbocycles. The molecule has 7 rings (SSSR count). The van der Waals surface area contributed by atoms with Gasteiger partial charge >= 0.3 is 0 Å². The van der Waals surface area contributed by atoms with E-state index in [1.807, 2.05) is 12.1 Å². The first-order chi connectivity index (χ1) is 23.9. The molecule has 4 aliphatic rings. The smallest absolute Gasteiger partial charge is 0.247 e. The molecule has 0 radical (unpaired) electrons. The van der Waals surface area contributed by atoms with Crippen molar-refractivity contribution < 1.29 is 27.9 Å². The number of benzene rings is 2. The average molecular weight is 677 g/mol. The van der Waals surface area contributed by atoms with E-state index in [9.17, 15) is 13.6 Å². The predicted molar refractivity (Wildman–Crippen MR) is 182 cm³/mol. The molecule has 1 aromatic heterocycles. The van der Waals surface area contributed by atoms with E-state index in [-0.39, 0.29) is 11.5 Å². The fraction of sp³-hybridized carbons (Fsp3) is 0.457. The summed E-state index contributed by atoms with van der Waals surface area (Å²) in [5, 5.41) is 7.75. The molecule has 12 nitrogen and oxygen atoms in total. The summed E-state index contributed by atoms with van der Waals surface area (Å²) < 4.78 is 40.0. The van der Waals surface area contributed by atoms with Crippen LogP contribution in [0.4, 0.5) is 37.5 Å². The van der Waals surface area contributed by atoms with Crippen molar-refractivity contribution in [2.75, 3.05) is 86.8 Å². The zero-order chi connectivity index (χ0) is 33.9. The van der Waals surface area contributed by atoms with Crippen molar-refractivity contribution in [1.29, 1.82) is 0 Å². The highest BCUT2D eigenvalue weighted by molar-refractivity contribution is 6.02. The summed E-state index contributed by atoms with van der Waals surface area (Å²) in [6.45, 7) is 11.7. The molecule has 1 amide bonds. The summed E-state index contributed by atoms with van der Waals surface area (Å²) in [4.78, 5) is 34.6. The van der Waals surface area contributed by atoms with Crippen LogP contribution in [0.1, 0.15) is 30.9 Å². The lowest BCUT2D eigenvalue weighted by Crippen LogP contribution is -2.59. The lowest BCUT2D eigenvalue weighted by Gasteiger charge is -2.46. The van der Waals surface area contributed by atoms with E-state index < -0.39 is 17.7 Å². The van der Waals surface area contributed by atoms with Crippen molar-refractivity contribution in [3.8, 4) is 5.75 Å². The van der Waals surface area contributed by atoms with E-state index in [1.54, 1.807) is 19.2 Å². The molecule has 4 saturated heterocycles. The van der Waals surface area contributed by atoms with Gasteiger partial charge in [-0.3, -0.25) is 19.4 Å². The number of piperazine rings is 1. The maximum Gasteiger partial charge on any atom is 0.247 e. The number of carbonyl (C=O) groups is 1. The monoisotopic (exact) mass is 676 g/mol. The average Bonchev–Trinajstić information content (AvgIpc) is 3.59. The first-order valence-corrected chi connectivity index (χ1v) is 16.8. The number of carbonyl (C=O) groups excluding carboxylic acids is 1.